The van der Waals surface area contributed by atoms with E-state index in [0.29, 0.717) is 0 Å². The summed E-state index contributed by atoms with van der Waals surface area (Å²) in [6.45, 7) is 2.17. The number of hydrogen-bond donors (Lipinski definition) is 1. The average molecular weight is 272 g/mol. The van der Waals surface area contributed by atoms with Crippen molar-refractivity contribution in [2.75, 3.05) is 19.3 Å². The summed E-state index contributed by atoms with van der Waals surface area (Å²) < 4.78 is 0. The second kappa shape index (κ2) is 8.84. The SMILES string of the molecule is CN(CCCCCCS)Cc1ccc(Cl)cc1. The summed E-state index contributed by atoms with van der Waals surface area (Å²) in [5.41, 5.74) is 1.33. The second-order valence-electron chi connectivity index (χ2n) is 4.50. The molecule has 0 saturated carbocycles. The fourth-order valence-electron chi connectivity index (χ4n) is 1.83. The molecule has 0 spiro atoms. The van der Waals surface area contributed by atoms with Crippen molar-refractivity contribution in [2.24, 2.45) is 0 Å². The number of halogens is 1. The van der Waals surface area contributed by atoms with E-state index in [1.807, 2.05) is 12.1 Å². The first-order valence-corrected chi connectivity index (χ1v) is 7.27. The fraction of sp³-hybridized carbons (Fsp3) is 0.571. The monoisotopic (exact) mass is 271 g/mol. The highest BCUT2D eigenvalue weighted by atomic mass is 35.5. The van der Waals surface area contributed by atoms with Gasteiger partial charge in [-0.25, -0.2) is 0 Å². The smallest absolute Gasteiger partial charge is 0.0406 e. The first-order valence-electron chi connectivity index (χ1n) is 6.26. The van der Waals surface area contributed by atoms with Gasteiger partial charge in [0.2, 0.25) is 0 Å². The summed E-state index contributed by atoms with van der Waals surface area (Å²) in [6, 6.07) is 8.11. The first kappa shape index (κ1) is 14.9. The van der Waals surface area contributed by atoms with Gasteiger partial charge in [0.15, 0.2) is 0 Å². The van der Waals surface area contributed by atoms with E-state index in [2.05, 4.69) is 36.7 Å². The summed E-state index contributed by atoms with van der Waals surface area (Å²) in [4.78, 5) is 2.37. The van der Waals surface area contributed by atoms with Gasteiger partial charge in [-0.15, -0.1) is 0 Å². The summed E-state index contributed by atoms with van der Waals surface area (Å²) in [5.74, 6) is 1.01. The van der Waals surface area contributed by atoms with Crippen molar-refractivity contribution in [3.63, 3.8) is 0 Å². The van der Waals surface area contributed by atoms with Crippen molar-refractivity contribution in [1.29, 1.82) is 0 Å². The van der Waals surface area contributed by atoms with Gasteiger partial charge in [-0.2, -0.15) is 12.6 Å². The van der Waals surface area contributed by atoms with Crippen LogP contribution in [-0.4, -0.2) is 24.2 Å². The van der Waals surface area contributed by atoms with Gasteiger partial charge in [0.1, 0.15) is 0 Å². The Kier molecular flexibility index (Phi) is 7.74. The zero-order chi connectivity index (χ0) is 12.5. The summed E-state index contributed by atoms with van der Waals surface area (Å²) in [5, 5.41) is 0.808. The molecule has 0 amide bonds. The van der Waals surface area contributed by atoms with E-state index < -0.39 is 0 Å². The van der Waals surface area contributed by atoms with E-state index >= 15 is 0 Å². The molecular weight excluding hydrogens is 250 g/mol. The second-order valence-corrected chi connectivity index (χ2v) is 5.39. The van der Waals surface area contributed by atoms with Crippen molar-refractivity contribution in [1.82, 2.24) is 4.90 Å². The van der Waals surface area contributed by atoms with Crippen LogP contribution in [0.3, 0.4) is 0 Å². The number of hydrogen-bond acceptors (Lipinski definition) is 2. The lowest BCUT2D eigenvalue weighted by Crippen LogP contribution is -2.18. The van der Waals surface area contributed by atoms with Crippen LogP contribution >= 0.6 is 24.2 Å². The van der Waals surface area contributed by atoms with E-state index in [4.69, 9.17) is 11.6 Å². The summed E-state index contributed by atoms with van der Waals surface area (Å²) >= 11 is 10.1. The lowest BCUT2D eigenvalue weighted by Gasteiger charge is -2.16. The van der Waals surface area contributed by atoms with E-state index in [0.717, 1.165) is 23.9 Å². The molecule has 1 aromatic carbocycles. The van der Waals surface area contributed by atoms with Crippen LogP contribution in [0, 0.1) is 0 Å². The van der Waals surface area contributed by atoms with E-state index in [-0.39, 0.29) is 0 Å². The van der Waals surface area contributed by atoms with Gasteiger partial charge in [-0.3, -0.25) is 0 Å². The lowest BCUT2D eigenvalue weighted by molar-refractivity contribution is 0.317. The topological polar surface area (TPSA) is 3.24 Å². The summed E-state index contributed by atoms with van der Waals surface area (Å²) in [6.07, 6.45) is 5.13. The molecule has 96 valence electrons. The number of thiol groups is 1. The number of nitrogens with zero attached hydrogens (tertiary/aromatic N) is 1. The van der Waals surface area contributed by atoms with Gasteiger partial charge in [-0.1, -0.05) is 36.6 Å². The van der Waals surface area contributed by atoms with Crippen LogP contribution in [0.15, 0.2) is 24.3 Å². The third-order valence-corrected chi connectivity index (χ3v) is 3.38. The molecule has 0 aliphatic carbocycles. The fourth-order valence-corrected chi connectivity index (χ4v) is 2.18. The molecule has 0 aromatic heterocycles. The molecule has 3 heteroatoms. The van der Waals surface area contributed by atoms with E-state index in [1.165, 1.54) is 31.2 Å². The highest BCUT2D eigenvalue weighted by Crippen LogP contribution is 2.11. The molecule has 0 fully saturated rings. The standard InChI is InChI=1S/C14H22ClNS/c1-16(10-4-2-3-5-11-17)12-13-6-8-14(15)9-7-13/h6-9,17H,2-5,10-12H2,1H3. The van der Waals surface area contributed by atoms with Gasteiger partial charge >= 0.3 is 0 Å². The zero-order valence-electron chi connectivity index (χ0n) is 10.5. The predicted molar refractivity (Wildman–Crippen MR) is 80.1 cm³/mol. The van der Waals surface area contributed by atoms with Crippen LogP contribution in [0.2, 0.25) is 5.02 Å². The van der Waals surface area contributed by atoms with Crippen molar-refractivity contribution >= 4 is 24.2 Å². The maximum absolute atomic E-state index is 5.86. The minimum Gasteiger partial charge on any atom is -0.302 e. The maximum Gasteiger partial charge on any atom is 0.0406 e. The van der Waals surface area contributed by atoms with Gasteiger partial charge in [0, 0.05) is 11.6 Å². The van der Waals surface area contributed by atoms with Gasteiger partial charge in [-0.05, 0) is 49.9 Å². The first-order chi connectivity index (χ1) is 8.22. The zero-order valence-corrected chi connectivity index (χ0v) is 12.2. The molecule has 0 unspecified atom stereocenters. The Labute approximate surface area is 116 Å². The van der Waals surface area contributed by atoms with Crippen LogP contribution < -0.4 is 0 Å². The highest BCUT2D eigenvalue weighted by Gasteiger charge is 2.00. The maximum atomic E-state index is 5.86. The normalized spacial score (nSPS) is 11.1. The summed E-state index contributed by atoms with van der Waals surface area (Å²) in [7, 11) is 2.17. The Morgan fingerprint density at radius 2 is 1.71 bits per heavy atom. The molecule has 0 radical (unpaired) electrons. The van der Waals surface area contributed by atoms with Crippen molar-refractivity contribution < 1.29 is 0 Å². The molecule has 1 aromatic rings. The van der Waals surface area contributed by atoms with E-state index in [1.54, 1.807) is 0 Å². The number of rotatable bonds is 8. The van der Waals surface area contributed by atoms with Gasteiger partial charge in [0.25, 0.3) is 0 Å². The van der Waals surface area contributed by atoms with Crippen molar-refractivity contribution in [3.8, 4) is 0 Å². The van der Waals surface area contributed by atoms with Crippen molar-refractivity contribution in [2.45, 2.75) is 32.2 Å². The molecule has 0 N–H and O–H groups in total. The molecule has 0 aliphatic rings. The van der Waals surface area contributed by atoms with Gasteiger partial charge in [0.05, 0.1) is 0 Å². The van der Waals surface area contributed by atoms with Crippen LogP contribution in [-0.2, 0) is 6.54 Å². The third-order valence-electron chi connectivity index (χ3n) is 2.81. The Morgan fingerprint density at radius 3 is 2.35 bits per heavy atom. The minimum atomic E-state index is 0.808. The molecule has 1 nitrogen and oxygen atoms in total. The van der Waals surface area contributed by atoms with Gasteiger partial charge < -0.3 is 4.90 Å². The molecule has 17 heavy (non-hydrogen) atoms. The predicted octanol–water partition coefficient (Wildman–Crippen LogP) is 4.26. The highest BCUT2D eigenvalue weighted by molar-refractivity contribution is 7.80. The minimum absolute atomic E-state index is 0.808. The number of benzene rings is 1. The van der Waals surface area contributed by atoms with Crippen molar-refractivity contribution in [3.05, 3.63) is 34.9 Å². The Bertz CT molecular complexity index is 300. The molecule has 0 bridgehead atoms. The Balaban J connectivity index is 2.16. The average Bonchev–Trinajstić information content (AvgIpc) is 2.32. The molecule has 1 rings (SSSR count). The van der Waals surface area contributed by atoms with Crippen LogP contribution in [0.4, 0.5) is 0 Å². The molecule has 0 heterocycles. The third kappa shape index (κ3) is 6.97. The van der Waals surface area contributed by atoms with Crippen LogP contribution in [0.25, 0.3) is 0 Å². The molecular formula is C14H22ClNS. The van der Waals surface area contributed by atoms with Crippen LogP contribution in [0.5, 0.6) is 0 Å². The molecule has 0 aliphatic heterocycles. The molecule has 0 atom stereocenters. The lowest BCUT2D eigenvalue weighted by atomic mass is 10.2. The number of unbranched alkanes of at least 4 members (excludes halogenated alkanes) is 3. The van der Waals surface area contributed by atoms with E-state index in [9.17, 15) is 0 Å². The Morgan fingerprint density at radius 1 is 1.06 bits per heavy atom. The van der Waals surface area contributed by atoms with Crippen LogP contribution in [0.1, 0.15) is 31.2 Å². The Hall–Kier alpha value is -0.180. The quantitative estimate of drug-likeness (QED) is 0.546. The largest absolute Gasteiger partial charge is 0.302 e. The molecule has 0 saturated heterocycles.